The van der Waals surface area contributed by atoms with Crippen molar-refractivity contribution in [2.45, 2.75) is 13.1 Å². The second-order valence-electron chi connectivity index (χ2n) is 3.36. The summed E-state index contributed by atoms with van der Waals surface area (Å²) in [6.07, 6.45) is -5.04. The van der Waals surface area contributed by atoms with Gasteiger partial charge >= 0.3 is 18.1 Å². The number of carbonyl (C=O) groups is 2. The molecule has 0 atom stereocenters. The first-order chi connectivity index (χ1) is 8.14. The summed E-state index contributed by atoms with van der Waals surface area (Å²) in [6.45, 7) is 1.33. The lowest BCUT2D eigenvalue weighted by Gasteiger charge is -2.12. The summed E-state index contributed by atoms with van der Waals surface area (Å²) in [5, 5.41) is 10.1. The van der Waals surface area contributed by atoms with E-state index in [-0.39, 0.29) is 21.8 Å². The van der Waals surface area contributed by atoms with Crippen LogP contribution in [0.25, 0.3) is 0 Å². The largest absolute Gasteiger partial charge is 0.478 e. The summed E-state index contributed by atoms with van der Waals surface area (Å²) in [5.74, 6) is -3.44. The zero-order valence-corrected chi connectivity index (χ0v) is 9.69. The molecule has 0 spiro atoms. The van der Waals surface area contributed by atoms with Crippen LogP contribution in [-0.4, -0.2) is 23.2 Å². The highest BCUT2D eigenvalue weighted by Crippen LogP contribution is 2.29. The Morgan fingerprint density at radius 1 is 1.33 bits per heavy atom. The minimum absolute atomic E-state index is 0.0733. The molecule has 1 aromatic rings. The lowest BCUT2D eigenvalue weighted by molar-refractivity contribution is -0.167. The average molecular weight is 282 g/mol. The van der Waals surface area contributed by atoms with Crippen molar-refractivity contribution >= 4 is 29.2 Å². The fourth-order valence-corrected chi connectivity index (χ4v) is 1.42. The molecule has 8 heteroatoms. The number of anilines is 1. The quantitative estimate of drug-likeness (QED) is 0.876. The van der Waals surface area contributed by atoms with Gasteiger partial charge in [-0.15, -0.1) is 0 Å². The standard InChI is InChI=1S/C10H7ClF3NO3/c1-4-5(8(16)17)2-3-6(7(4)11)15-9(18)10(12,13)14/h2-3H,1H3,(H,15,18)(H,16,17). The van der Waals surface area contributed by atoms with Crippen LogP contribution in [0, 0.1) is 6.92 Å². The first kappa shape index (κ1) is 14.3. The molecule has 0 radical (unpaired) electrons. The summed E-state index contributed by atoms with van der Waals surface area (Å²) >= 11 is 5.69. The van der Waals surface area contributed by atoms with Gasteiger partial charge in [-0.05, 0) is 24.6 Å². The van der Waals surface area contributed by atoms with Crippen molar-refractivity contribution in [2.75, 3.05) is 5.32 Å². The van der Waals surface area contributed by atoms with E-state index >= 15 is 0 Å². The van der Waals surface area contributed by atoms with E-state index in [1.54, 1.807) is 5.32 Å². The molecular weight excluding hydrogens is 275 g/mol. The Hall–Kier alpha value is -1.76. The predicted octanol–water partition coefficient (Wildman–Crippen LogP) is 2.85. The molecule has 0 unspecified atom stereocenters. The molecular formula is C10H7ClF3NO3. The lowest BCUT2D eigenvalue weighted by Crippen LogP contribution is -2.30. The maximum Gasteiger partial charge on any atom is 0.471 e. The number of nitrogens with one attached hydrogen (secondary N) is 1. The normalized spacial score (nSPS) is 11.2. The minimum Gasteiger partial charge on any atom is -0.478 e. The maximum absolute atomic E-state index is 12.0. The zero-order chi connectivity index (χ0) is 14.1. The van der Waals surface area contributed by atoms with E-state index in [9.17, 15) is 22.8 Å². The highest BCUT2D eigenvalue weighted by atomic mass is 35.5. The van der Waals surface area contributed by atoms with Crippen LogP contribution in [0.4, 0.5) is 18.9 Å². The fourth-order valence-electron chi connectivity index (χ4n) is 1.21. The number of rotatable bonds is 2. The highest BCUT2D eigenvalue weighted by molar-refractivity contribution is 6.35. The van der Waals surface area contributed by atoms with Crippen molar-refractivity contribution < 1.29 is 27.9 Å². The van der Waals surface area contributed by atoms with Gasteiger partial charge < -0.3 is 10.4 Å². The van der Waals surface area contributed by atoms with Crippen molar-refractivity contribution in [3.63, 3.8) is 0 Å². The van der Waals surface area contributed by atoms with Gasteiger partial charge in [0.05, 0.1) is 16.3 Å². The topological polar surface area (TPSA) is 66.4 Å². The number of amides is 1. The fraction of sp³-hybridized carbons (Fsp3) is 0.200. The first-order valence-electron chi connectivity index (χ1n) is 4.55. The predicted molar refractivity (Wildman–Crippen MR) is 57.8 cm³/mol. The van der Waals surface area contributed by atoms with E-state index in [4.69, 9.17) is 16.7 Å². The molecule has 0 saturated heterocycles. The van der Waals surface area contributed by atoms with Gasteiger partial charge in [0.25, 0.3) is 0 Å². The van der Waals surface area contributed by atoms with Crippen molar-refractivity contribution in [1.82, 2.24) is 0 Å². The summed E-state index contributed by atoms with van der Waals surface area (Å²) in [7, 11) is 0. The van der Waals surface area contributed by atoms with Gasteiger partial charge in [0.1, 0.15) is 0 Å². The third-order valence-electron chi connectivity index (χ3n) is 2.12. The average Bonchev–Trinajstić information content (AvgIpc) is 2.22. The molecule has 0 fully saturated rings. The van der Waals surface area contributed by atoms with Gasteiger partial charge in [0.2, 0.25) is 0 Å². The third kappa shape index (κ3) is 2.92. The van der Waals surface area contributed by atoms with Gasteiger partial charge in [-0.3, -0.25) is 4.79 Å². The molecule has 4 nitrogen and oxygen atoms in total. The van der Waals surface area contributed by atoms with Crippen LogP contribution in [-0.2, 0) is 4.79 Å². The number of benzene rings is 1. The SMILES string of the molecule is Cc1c(C(=O)O)ccc(NC(=O)C(F)(F)F)c1Cl. The molecule has 0 saturated carbocycles. The molecule has 0 aliphatic heterocycles. The Morgan fingerprint density at radius 3 is 2.33 bits per heavy atom. The third-order valence-corrected chi connectivity index (χ3v) is 2.61. The van der Waals surface area contributed by atoms with E-state index in [1.807, 2.05) is 0 Å². The Labute approximate surface area is 104 Å². The van der Waals surface area contributed by atoms with Crippen LogP contribution in [0.5, 0.6) is 0 Å². The monoisotopic (exact) mass is 281 g/mol. The van der Waals surface area contributed by atoms with E-state index in [0.29, 0.717) is 0 Å². The van der Waals surface area contributed by atoms with Crippen LogP contribution in [0.3, 0.4) is 0 Å². The molecule has 1 rings (SSSR count). The molecule has 0 bridgehead atoms. The zero-order valence-electron chi connectivity index (χ0n) is 8.93. The van der Waals surface area contributed by atoms with E-state index in [0.717, 1.165) is 12.1 Å². The molecule has 0 aliphatic rings. The molecule has 0 aromatic heterocycles. The van der Waals surface area contributed by atoms with Gasteiger partial charge in [0, 0.05) is 0 Å². The number of carboxylic acids is 1. The van der Waals surface area contributed by atoms with Crippen molar-refractivity contribution in [3.05, 3.63) is 28.3 Å². The first-order valence-corrected chi connectivity index (χ1v) is 4.93. The summed E-state index contributed by atoms with van der Waals surface area (Å²) in [6, 6.07) is 2.07. The molecule has 1 amide bonds. The lowest BCUT2D eigenvalue weighted by atomic mass is 10.1. The second kappa shape index (κ2) is 4.85. The van der Waals surface area contributed by atoms with Crippen LogP contribution < -0.4 is 5.32 Å². The molecule has 18 heavy (non-hydrogen) atoms. The van der Waals surface area contributed by atoms with Gasteiger partial charge in [-0.25, -0.2) is 4.79 Å². The Kier molecular flexibility index (Phi) is 3.85. The second-order valence-corrected chi connectivity index (χ2v) is 3.73. The minimum atomic E-state index is -5.04. The van der Waals surface area contributed by atoms with Crippen LogP contribution in [0.1, 0.15) is 15.9 Å². The van der Waals surface area contributed by atoms with Gasteiger partial charge in [0.15, 0.2) is 0 Å². The maximum atomic E-state index is 12.0. The Balaban J connectivity index is 3.11. The molecule has 2 N–H and O–H groups in total. The smallest absolute Gasteiger partial charge is 0.471 e. The van der Waals surface area contributed by atoms with E-state index in [1.165, 1.54) is 6.92 Å². The highest BCUT2D eigenvalue weighted by Gasteiger charge is 2.39. The van der Waals surface area contributed by atoms with Crippen LogP contribution in [0.2, 0.25) is 5.02 Å². The molecule has 0 heterocycles. The van der Waals surface area contributed by atoms with Crippen molar-refractivity contribution in [2.24, 2.45) is 0 Å². The summed E-state index contributed by atoms with van der Waals surface area (Å²) in [4.78, 5) is 21.4. The van der Waals surface area contributed by atoms with E-state index < -0.39 is 18.1 Å². The number of hydrogen-bond acceptors (Lipinski definition) is 2. The van der Waals surface area contributed by atoms with Gasteiger partial charge in [-0.1, -0.05) is 11.6 Å². The van der Waals surface area contributed by atoms with Crippen LogP contribution >= 0.6 is 11.6 Å². The van der Waals surface area contributed by atoms with Crippen molar-refractivity contribution in [1.29, 1.82) is 0 Å². The summed E-state index contributed by atoms with van der Waals surface area (Å²) < 4.78 is 36.1. The number of carboxylic acid groups (broad SMARTS) is 1. The number of hydrogen-bond donors (Lipinski definition) is 2. The molecule has 1 aromatic carbocycles. The Bertz CT molecular complexity index is 514. The summed E-state index contributed by atoms with van der Waals surface area (Å²) in [5.41, 5.74) is -0.365. The Morgan fingerprint density at radius 2 is 1.89 bits per heavy atom. The van der Waals surface area contributed by atoms with Crippen molar-refractivity contribution in [3.8, 4) is 0 Å². The van der Waals surface area contributed by atoms with E-state index in [2.05, 4.69) is 0 Å². The molecule has 98 valence electrons. The number of halogens is 4. The number of aromatic carboxylic acids is 1. The molecule has 0 aliphatic carbocycles. The van der Waals surface area contributed by atoms with Gasteiger partial charge in [-0.2, -0.15) is 13.2 Å². The van der Waals surface area contributed by atoms with Crippen LogP contribution in [0.15, 0.2) is 12.1 Å². The number of alkyl halides is 3. The number of carbonyl (C=O) groups excluding carboxylic acids is 1.